The molecule has 5 rings (SSSR count). The molecule has 5 aromatic rings. The van der Waals surface area contributed by atoms with Gasteiger partial charge in [-0.3, -0.25) is 0 Å². The number of para-hydroxylation sites is 1. The Morgan fingerprint density at radius 1 is 0.542 bits per heavy atom. The molecule has 0 amide bonds. The summed E-state index contributed by atoms with van der Waals surface area (Å²) >= 11 is 6.39. The molecule has 0 radical (unpaired) electrons. The highest BCUT2D eigenvalue weighted by atomic mass is 35.5. The van der Waals surface area contributed by atoms with Crippen LogP contribution in [0.25, 0.3) is 43.8 Å². The van der Waals surface area contributed by atoms with E-state index in [9.17, 15) is 0 Å². The monoisotopic (exact) mass is 328 g/mol. The van der Waals surface area contributed by atoms with Crippen LogP contribution < -0.4 is 0 Å². The second-order valence-electron chi connectivity index (χ2n) is 5.92. The maximum Gasteiger partial charge on any atom is 0.136 e. The van der Waals surface area contributed by atoms with E-state index in [0.29, 0.717) is 0 Å². The van der Waals surface area contributed by atoms with E-state index in [4.69, 9.17) is 16.0 Å². The molecule has 0 N–H and O–H groups in total. The van der Waals surface area contributed by atoms with E-state index in [1.807, 2.05) is 42.5 Å². The van der Waals surface area contributed by atoms with Crippen molar-refractivity contribution < 1.29 is 4.42 Å². The first-order chi connectivity index (χ1) is 11.8. The molecule has 0 unspecified atom stereocenters. The zero-order chi connectivity index (χ0) is 16.1. The quantitative estimate of drug-likeness (QED) is 0.321. The van der Waals surface area contributed by atoms with E-state index in [1.165, 1.54) is 11.1 Å². The Morgan fingerprint density at radius 3 is 2.17 bits per heavy atom. The van der Waals surface area contributed by atoms with Gasteiger partial charge in [0.25, 0.3) is 0 Å². The van der Waals surface area contributed by atoms with Crippen LogP contribution in [0.1, 0.15) is 0 Å². The van der Waals surface area contributed by atoms with E-state index in [0.717, 1.165) is 37.7 Å². The second-order valence-corrected chi connectivity index (χ2v) is 6.32. The predicted octanol–water partition coefficient (Wildman–Crippen LogP) is 7.06. The molecule has 0 spiro atoms. The van der Waals surface area contributed by atoms with Gasteiger partial charge in [-0.15, -0.1) is 0 Å². The second kappa shape index (κ2) is 5.12. The van der Waals surface area contributed by atoms with Crippen LogP contribution in [0.3, 0.4) is 0 Å². The molecule has 1 heterocycles. The number of hydrogen-bond donors (Lipinski definition) is 0. The molecule has 1 aromatic heterocycles. The Hall–Kier alpha value is -2.77. The van der Waals surface area contributed by atoms with Gasteiger partial charge in [0, 0.05) is 21.2 Å². The Bertz CT molecular complexity index is 1220. The molecule has 0 saturated carbocycles. The Morgan fingerprint density at radius 2 is 1.21 bits per heavy atom. The van der Waals surface area contributed by atoms with Crippen molar-refractivity contribution in [3.63, 3.8) is 0 Å². The summed E-state index contributed by atoms with van der Waals surface area (Å²) in [7, 11) is 0. The lowest BCUT2D eigenvalue weighted by Gasteiger charge is -2.09. The summed E-state index contributed by atoms with van der Waals surface area (Å²) in [4.78, 5) is 0. The number of rotatable bonds is 1. The van der Waals surface area contributed by atoms with E-state index in [1.54, 1.807) is 0 Å². The standard InChI is InChI=1S/C22H13ClO/c23-19-11-4-8-14-15(7-3-9-16(14)19)17-10-5-13-21-22(17)18-6-1-2-12-20(18)24-21/h1-13H. The van der Waals surface area contributed by atoms with Crippen LogP contribution in [0.2, 0.25) is 5.02 Å². The summed E-state index contributed by atoms with van der Waals surface area (Å²) in [5, 5.41) is 5.30. The van der Waals surface area contributed by atoms with Crippen molar-refractivity contribution in [1.29, 1.82) is 0 Å². The molecule has 0 bridgehead atoms. The first-order valence-corrected chi connectivity index (χ1v) is 8.28. The van der Waals surface area contributed by atoms with Gasteiger partial charge in [-0.1, -0.05) is 72.3 Å². The molecular weight excluding hydrogens is 316 g/mol. The minimum atomic E-state index is 0.776. The summed E-state index contributed by atoms with van der Waals surface area (Å²) in [6.07, 6.45) is 0. The zero-order valence-corrected chi connectivity index (χ0v) is 13.5. The van der Waals surface area contributed by atoms with Gasteiger partial charge in [0.2, 0.25) is 0 Å². The fraction of sp³-hybridized carbons (Fsp3) is 0. The highest BCUT2D eigenvalue weighted by Crippen LogP contribution is 2.39. The Balaban J connectivity index is 1.96. The first kappa shape index (κ1) is 13.6. The molecule has 0 aliphatic rings. The Labute approximate surface area is 144 Å². The van der Waals surface area contributed by atoms with Gasteiger partial charge in [0.1, 0.15) is 11.2 Å². The van der Waals surface area contributed by atoms with E-state index < -0.39 is 0 Å². The number of fused-ring (bicyclic) bond motifs is 4. The smallest absolute Gasteiger partial charge is 0.136 e. The maximum atomic E-state index is 6.39. The van der Waals surface area contributed by atoms with Crippen molar-refractivity contribution in [3.05, 3.63) is 83.9 Å². The molecular formula is C22H13ClO. The van der Waals surface area contributed by atoms with Crippen LogP contribution in [0, 0.1) is 0 Å². The van der Waals surface area contributed by atoms with Crippen molar-refractivity contribution in [2.24, 2.45) is 0 Å². The molecule has 0 saturated heterocycles. The number of furan rings is 1. The van der Waals surface area contributed by atoms with Crippen molar-refractivity contribution in [2.45, 2.75) is 0 Å². The largest absolute Gasteiger partial charge is 0.456 e. The summed E-state index contributed by atoms with van der Waals surface area (Å²) in [6.45, 7) is 0. The minimum Gasteiger partial charge on any atom is -0.456 e. The first-order valence-electron chi connectivity index (χ1n) is 7.91. The van der Waals surface area contributed by atoms with Crippen molar-refractivity contribution in [3.8, 4) is 11.1 Å². The topological polar surface area (TPSA) is 13.1 Å². The van der Waals surface area contributed by atoms with E-state index in [-0.39, 0.29) is 0 Å². The highest BCUT2D eigenvalue weighted by Gasteiger charge is 2.14. The van der Waals surface area contributed by atoms with Crippen LogP contribution in [0.5, 0.6) is 0 Å². The number of halogens is 1. The van der Waals surface area contributed by atoms with Gasteiger partial charge in [-0.2, -0.15) is 0 Å². The summed E-state index contributed by atoms with van der Waals surface area (Å²) < 4.78 is 6.02. The fourth-order valence-electron chi connectivity index (χ4n) is 3.51. The lowest BCUT2D eigenvalue weighted by Crippen LogP contribution is -1.83. The maximum absolute atomic E-state index is 6.39. The molecule has 0 aliphatic heterocycles. The predicted molar refractivity (Wildman–Crippen MR) is 102 cm³/mol. The van der Waals surface area contributed by atoms with Crippen molar-refractivity contribution >= 4 is 44.3 Å². The van der Waals surface area contributed by atoms with Gasteiger partial charge in [-0.05, 0) is 34.7 Å². The molecule has 4 aromatic carbocycles. The summed E-state index contributed by atoms with van der Waals surface area (Å²) in [5.74, 6) is 0. The fourth-order valence-corrected chi connectivity index (χ4v) is 3.74. The lowest BCUT2D eigenvalue weighted by molar-refractivity contribution is 0.669. The van der Waals surface area contributed by atoms with Crippen LogP contribution in [0.4, 0.5) is 0 Å². The summed E-state index contributed by atoms with van der Waals surface area (Å²) in [5.41, 5.74) is 4.17. The van der Waals surface area contributed by atoms with Gasteiger partial charge < -0.3 is 4.42 Å². The molecule has 24 heavy (non-hydrogen) atoms. The zero-order valence-electron chi connectivity index (χ0n) is 12.8. The SMILES string of the molecule is Clc1cccc2c(-c3cccc4oc5ccccc5c34)cccc12. The van der Waals surface area contributed by atoms with Crippen molar-refractivity contribution in [1.82, 2.24) is 0 Å². The molecule has 1 nitrogen and oxygen atoms in total. The third-order valence-electron chi connectivity index (χ3n) is 4.56. The average molecular weight is 329 g/mol. The Kier molecular flexibility index (Phi) is 2.91. The van der Waals surface area contributed by atoms with Crippen LogP contribution >= 0.6 is 11.6 Å². The average Bonchev–Trinajstić information content (AvgIpc) is 3.00. The third-order valence-corrected chi connectivity index (χ3v) is 4.89. The molecule has 114 valence electrons. The van der Waals surface area contributed by atoms with Gasteiger partial charge in [0.15, 0.2) is 0 Å². The number of hydrogen-bond acceptors (Lipinski definition) is 1. The molecule has 0 atom stereocenters. The lowest BCUT2D eigenvalue weighted by atomic mass is 9.95. The minimum absolute atomic E-state index is 0.776. The van der Waals surface area contributed by atoms with Crippen LogP contribution in [0.15, 0.2) is 83.3 Å². The van der Waals surface area contributed by atoms with Crippen LogP contribution in [-0.4, -0.2) is 0 Å². The van der Waals surface area contributed by atoms with Crippen LogP contribution in [-0.2, 0) is 0 Å². The number of benzene rings is 4. The highest BCUT2D eigenvalue weighted by molar-refractivity contribution is 6.36. The molecule has 2 heteroatoms. The van der Waals surface area contributed by atoms with Crippen molar-refractivity contribution in [2.75, 3.05) is 0 Å². The normalized spacial score (nSPS) is 11.5. The third kappa shape index (κ3) is 1.88. The summed E-state index contributed by atoms with van der Waals surface area (Å²) in [6, 6.07) is 26.7. The molecule has 0 fully saturated rings. The van der Waals surface area contributed by atoms with E-state index in [2.05, 4.69) is 36.4 Å². The van der Waals surface area contributed by atoms with Gasteiger partial charge in [0.05, 0.1) is 0 Å². The van der Waals surface area contributed by atoms with Gasteiger partial charge in [-0.25, -0.2) is 0 Å². The van der Waals surface area contributed by atoms with Gasteiger partial charge >= 0.3 is 0 Å². The molecule has 0 aliphatic carbocycles. The van der Waals surface area contributed by atoms with E-state index >= 15 is 0 Å².